The number of carbonyl (C=O) groups excluding carboxylic acids is 2. The highest BCUT2D eigenvalue weighted by atomic mass is 32.1. The van der Waals surface area contributed by atoms with Crippen molar-refractivity contribution in [3.63, 3.8) is 0 Å². The van der Waals surface area contributed by atoms with Crippen molar-refractivity contribution in [3.05, 3.63) is 46.5 Å². The number of rotatable bonds is 5. The number of nitrogens with zero attached hydrogens (tertiary/aromatic N) is 2. The van der Waals surface area contributed by atoms with Gasteiger partial charge in [-0.15, -0.1) is 11.3 Å². The fourth-order valence-corrected chi connectivity index (χ4v) is 3.46. The van der Waals surface area contributed by atoms with Crippen LogP contribution in [-0.4, -0.2) is 23.3 Å². The van der Waals surface area contributed by atoms with Crippen molar-refractivity contribution in [3.8, 4) is 0 Å². The number of alkyl halides is 3. The number of aromatic nitrogens is 1. The van der Waals surface area contributed by atoms with Gasteiger partial charge in [-0.25, -0.2) is 4.98 Å². The first-order valence-corrected chi connectivity index (χ1v) is 8.88. The zero-order valence-corrected chi connectivity index (χ0v) is 14.5. The van der Waals surface area contributed by atoms with Gasteiger partial charge in [-0.05, 0) is 24.1 Å². The summed E-state index contributed by atoms with van der Waals surface area (Å²) in [6, 6.07) is 4.65. The highest BCUT2D eigenvalue weighted by Gasteiger charge is 2.30. The lowest BCUT2D eigenvalue weighted by Gasteiger charge is -2.10. The van der Waals surface area contributed by atoms with Crippen LogP contribution in [0, 0.1) is 0 Å². The average Bonchev–Trinajstić information content (AvgIpc) is 3.21. The lowest BCUT2D eigenvalue weighted by atomic mass is 10.1. The fraction of sp³-hybridized carbons (Fsp3) is 0.353. The van der Waals surface area contributed by atoms with Crippen LogP contribution in [0.4, 0.5) is 18.3 Å². The first-order chi connectivity index (χ1) is 12.3. The smallest absolute Gasteiger partial charge is 0.352 e. The Bertz CT molecular complexity index is 802. The molecule has 1 aromatic carbocycles. The molecule has 138 valence electrons. The third kappa shape index (κ3) is 4.40. The van der Waals surface area contributed by atoms with Gasteiger partial charge in [-0.2, -0.15) is 13.2 Å². The summed E-state index contributed by atoms with van der Waals surface area (Å²) in [5, 5.41) is 4.99. The van der Waals surface area contributed by atoms with Crippen molar-refractivity contribution in [2.75, 3.05) is 11.4 Å². The Balaban J connectivity index is 1.51. The predicted octanol–water partition coefficient (Wildman–Crippen LogP) is 3.15. The second-order valence-electron chi connectivity index (χ2n) is 5.92. The van der Waals surface area contributed by atoms with Gasteiger partial charge in [0.1, 0.15) is 0 Å². The predicted molar refractivity (Wildman–Crippen MR) is 90.7 cm³/mol. The van der Waals surface area contributed by atoms with Gasteiger partial charge in [0, 0.05) is 24.9 Å². The molecule has 9 heteroatoms. The van der Waals surface area contributed by atoms with E-state index in [1.165, 1.54) is 23.5 Å². The van der Waals surface area contributed by atoms with Gasteiger partial charge in [-0.1, -0.05) is 12.1 Å². The summed E-state index contributed by atoms with van der Waals surface area (Å²) >= 11 is 1.32. The van der Waals surface area contributed by atoms with Crippen molar-refractivity contribution < 1.29 is 22.8 Å². The minimum absolute atomic E-state index is 0.0395. The van der Waals surface area contributed by atoms with Crippen LogP contribution in [0.2, 0.25) is 0 Å². The Kier molecular flexibility index (Phi) is 5.26. The second-order valence-corrected chi connectivity index (χ2v) is 6.76. The highest BCUT2D eigenvalue weighted by Crippen LogP contribution is 2.29. The minimum atomic E-state index is -4.37. The molecular formula is C17H16F3N3O2S. The Hall–Kier alpha value is -2.42. The highest BCUT2D eigenvalue weighted by molar-refractivity contribution is 7.14. The summed E-state index contributed by atoms with van der Waals surface area (Å²) in [5.41, 5.74) is 0.418. The molecule has 2 heterocycles. The number of nitrogens with one attached hydrogen (secondary N) is 1. The van der Waals surface area contributed by atoms with E-state index in [4.69, 9.17) is 0 Å². The molecule has 1 aliphatic rings. The average molecular weight is 383 g/mol. The number of amides is 2. The molecule has 1 fully saturated rings. The van der Waals surface area contributed by atoms with Gasteiger partial charge in [-0.3, -0.25) is 14.5 Å². The third-order valence-corrected chi connectivity index (χ3v) is 4.87. The van der Waals surface area contributed by atoms with Crippen LogP contribution in [0.5, 0.6) is 0 Å². The Morgan fingerprint density at radius 3 is 2.62 bits per heavy atom. The number of carbonyl (C=O) groups is 2. The molecule has 2 aromatic rings. The number of anilines is 1. The molecule has 2 amide bonds. The van der Waals surface area contributed by atoms with Crippen LogP contribution in [0.3, 0.4) is 0 Å². The molecule has 26 heavy (non-hydrogen) atoms. The topological polar surface area (TPSA) is 62.3 Å². The molecule has 5 nitrogen and oxygen atoms in total. The van der Waals surface area contributed by atoms with E-state index in [9.17, 15) is 22.8 Å². The molecule has 1 N–H and O–H groups in total. The normalized spacial score (nSPS) is 14.7. The van der Waals surface area contributed by atoms with Crippen molar-refractivity contribution in [2.24, 2.45) is 0 Å². The molecule has 0 unspecified atom stereocenters. The number of hydrogen-bond acceptors (Lipinski definition) is 4. The van der Waals surface area contributed by atoms with Crippen LogP contribution in [0.1, 0.15) is 29.7 Å². The number of halogens is 3. The summed E-state index contributed by atoms with van der Waals surface area (Å²) in [4.78, 5) is 29.6. The lowest BCUT2D eigenvalue weighted by molar-refractivity contribution is -0.137. The molecule has 0 aliphatic carbocycles. The van der Waals surface area contributed by atoms with E-state index in [0.29, 0.717) is 29.4 Å². The fourth-order valence-electron chi connectivity index (χ4n) is 2.59. The van der Waals surface area contributed by atoms with Gasteiger partial charge >= 0.3 is 6.18 Å². The van der Waals surface area contributed by atoms with E-state index in [-0.39, 0.29) is 24.8 Å². The maximum absolute atomic E-state index is 12.5. The van der Waals surface area contributed by atoms with Gasteiger partial charge in [0.2, 0.25) is 11.8 Å². The van der Waals surface area contributed by atoms with Crippen molar-refractivity contribution in [1.29, 1.82) is 0 Å². The molecule has 0 radical (unpaired) electrons. The van der Waals surface area contributed by atoms with E-state index in [1.807, 2.05) is 0 Å². The number of benzene rings is 1. The molecule has 0 bridgehead atoms. The summed E-state index contributed by atoms with van der Waals surface area (Å²) < 4.78 is 37.5. The van der Waals surface area contributed by atoms with Crippen LogP contribution < -0.4 is 10.2 Å². The van der Waals surface area contributed by atoms with Crippen molar-refractivity contribution >= 4 is 28.3 Å². The SMILES string of the molecule is O=C(Cc1csc(N2CCCC2=O)n1)NCc1ccc(C(F)(F)F)cc1. The van der Waals surface area contributed by atoms with E-state index < -0.39 is 11.7 Å². The minimum Gasteiger partial charge on any atom is -0.352 e. The lowest BCUT2D eigenvalue weighted by Crippen LogP contribution is -2.25. The zero-order chi connectivity index (χ0) is 18.7. The van der Waals surface area contributed by atoms with Crippen LogP contribution in [0.25, 0.3) is 0 Å². The van der Waals surface area contributed by atoms with E-state index in [0.717, 1.165) is 18.6 Å². The van der Waals surface area contributed by atoms with E-state index in [1.54, 1.807) is 10.3 Å². The summed E-state index contributed by atoms with van der Waals surface area (Å²) in [6.45, 7) is 0.782. The standard InChI is InChI=1S/C17H16F3N3O2S/c18-17(19,20)12-5-3-11(4-6-12)9-21-14(24)8-13-10-26-16(22-13)23-7-1-2-15(23)25/h3-6,10H,1-2,7-9H2,(H,21,24). The van der Waals surface area contributed by atoms with Gasteiger partial charge in [0.15, 0.2) is 5.13 Å². The molecule has 1 aliphatic heterocycles. The van der Waals surface area contributed by atoms with Crippen LogP contribution >= 0.6 is 11.3 Å². The maximum Gasteiger partial charge on any atom is 0.416 e. The molecule has 0 saturated carbocycles. The molecule has 0 atom stereocenters. The molecule has 3 rings (SSSR count). The molecule has 0 spiro atoms. The maximum atomic E-state index is 12.5. The quantitative estimate of drug-likeness (QED) is 0.863. The Morgan fingerprint density at radius 1 is 1.27 bits per heavy atom. The largest absolute Gasteiger partial charge is 0.416 e. The first-order valence-electron chi connectivity index (χ1n) is 8.00. The summed E-state index contributed by atoms with van der Waals surface area (Å²) in [5.74, 6) is -0.243. The second kappa shape index (κ2) is 7.45. The first kappa shape index (κ1) is 18.4. The Labute approximate surface area is 151 Å². The number of thiazole rings is 1. The number of hydrogen-bond donors (Lipinski definition) is 1. The van der Waals surface area contributed by atoms with Crippen molar-refractivity contribution in [1.82, 2.24) is 10.3 Å². The van der Waals surface area contributed by atoms with E-state index in [2.05, 4.69) is 10.3 Å². The van der Waals surface area contributed by atoms with Crippen LogP contribution in [0.15, 0.2) is 29.6 Å². The van der Waals surface area contributed by atoms with Gasteiger partial charge < -0.3 is 5.32 Å². The third-order valence-electron chi connectivity index (χ3n) is 3.96. The van der Waals surface area contributed by atoms with Crippen LogP contribution in [-0.2, 0) is 28.7 Å². The van der Waals surface area contributed by atoms with Crippen molar-refractivity contribution in [2.45, 2.75) is 32.0 Å². The summed E-state index contributed by atoms with van der Waals surface area (Å²) in [6.07, 6.45) is -3.00. The summed E-state index contributed by atoms with van der Waals surface area (Å²) in [7, 11) is 0. The zero-order valence-electron chi connectivity index (χ0n) is 13.7. The van der Waals surface area contributed by atoms with Gasteiger partial charge in [0.25, 0.3) is 0 Å². The molecular weight excluding hydrogens is 367 g/mol. The molecule has 1 saturated heterocycles. The monoisotopic (exact) mass is 383 g/mol. The van der Waals surface area contributed by atoms with Gasteiger partial charge in [0.05, 0.1) is 17.7 Å². The molecule has 1 aromatic heterocycles. The Morgan fingerprint density at radius 2 is 2.00 bits per heavy atom. The van der Waals surface area contributed by atoms with E-state index >= 15 is 0 Å².